The largest absolute Gasteiger partial charge is 0.466 e. The Labute approximate surface area is 164 Å². The highest BCUT2D eigenvalue weighted by atomic mass is 16.5. The summed E-state index contributed by atoms with van der Waals surface area (Å²) in [6.45, 7) is 0.893. The van der Waals surface area contributed by atoms with E-state index in [1.54, 1.807) is 40.9 Å². The van der Waals surface area contributed by atoms with Gasteiger partial charge in [-0.05, 0) is 30.9 Å². The van der Waals surface area contributed by atoms with Crippen molar-refractivity contribution in [3.05, 3.63) is 78.3 Å². The molecule has 1 aromatic heterocycles. The van der Waals surface area contributed by atoms with Gasteiger partial charge in [-0.25, -0.2) is 4.79 Å². The average Bonchev–Trinajstić information content (AvgIpc) is 3.21. The molecular formula is C22H22N4O2. The second kappa shape index (κ2) is 7.73. The zero-order chi connectivity index (χ0) is 19.4. The lowest BCUT2D eigenvalue weighted by atomic mass is 9.82. The molecule has 1 aliphatic carbocycles. The number of carbonyl (C=O) groups excluding carboxylic acids is 1. The first-order valence-corrected chi connectivity index (χ1v) is 9.48. The summed E-state index contributed by atoms with van der Waals surface area (Å²) in [7, 11) is 0. The van der Waals surface area contributed by atoms with Crippen LogP contribution in [-0.2, 0) is 10.2 Å². The monoisotopic (exact) mass is 374 g/mol. The SMILES string of the molecule is N#CC1(c2cccnc2)CCN(C(=O)N2C=COC(CC3=CC=CCC3)=C2)C1. The summed E-state index contributed by atoms with van der Waals surface area (Å²) in [5.74, 6) is 0.746. The molecule has 3 heterocycles. The number of carbonyl (C=O) groups is 1. The lowest BCUT2D eigenvalue weighted by Crippen LogP contribution is -2.39. The minimum absolute atomic E-state index is 0.143. The molecule has 0 saturated carbocycles. The van der Waals surface area contributed by atoms with Gasteiger partial charge in [0.15, 0.2) is 0 Å². The number of ether oxygens (including phenoxy) is 1. The zero-order valence-electron chi connectivity index (χ0n) is 15.6. The van der Waals surface area contributed by atoms with Crippen LogP contribution in [0.1, 0.15) is 31.2 Å². The highest BCUT2D eigenvalue weighted by Crippen LogP contribution is 2.34. The highest BCUT2D eigenvalue weighted by Gasteiger charge is 2.43. The van der Waals surface area contributed by atoms with Crippen LogP contribution >= 0.6 is 0 Å². The van der Waals surface area contributed by atoms with Gasteiger partial charge in [-0.2, -0.15) is 5.26 Å². The van der Waals surface area contributed by atoms with Crippen LogP contribution in [0, 0.1) is 11.3 Å². The average molecular weight is 374 g/mol. The van der Waals surface area contributed by atoms with Crippen molar-refractivity contribution in [3.63, 3.8) is 0 Å². The van der Waals surface area contributed by atoms with Crippen molar-refractivity contribution in [2.75, 3.05) is 13.1 Å². The summed E-state index contributed by atoms with van der Waals surface area (Å²) >= 11 is 0. The topological polar surface area (TPSA) is 69.5 Å². The van der Waals surface area contributed by atoms with E-state index in [1.165, 1.54) is 5.57 Å². The molecule has 4 rings (SSSR count). The highest BCUT2D eigenvalue weighted by molar-refractivity contribution is 5.77. The van der Waals surface area contributed by atoms with Crippen molar-refractivity contribution < 1.29 is 9.53 Å². The molecule has 0 N–H and O–H groups in total. The molecule has 0 bridgehead atoms. The predicted molar refractivity (Wildman–Crippen MR) is 104 cm³/mol. The summed E-state index contributed by atoms with van der Waals surface area (Å²) < 4.78 is 5.60. The number of aromatic nitrogens is 1. The van der Waals surface area contributed by atoms with E-state index in [0.29, 0.717) is 25.9 Å². The van der Waals surface area contributed by atoms with E-state index in [-0.39, 0.29) is 6.03 Å². The molecule has 1 fully saturated rings. The van der Waals surface area contributed by atoms with E-state index in [9.17, 15) is 10.1 Å². The van der Waals surface area contributed by atoms with Crippen molar-refractivity contribution in [3.8, 4) is 6.07 Å². The molecule has 0 spiro atoms. The maximum absolute atomic E-state index is 13.0. The number of urea groups is 1. The molecule has 0 radical (unpaired) electrons. The number of allylic oxidation sites excluding steroid dienone is 4. The third kappa shape index (κ3) is 3.56. The Kier molecular flexibility index (Phi) is 4.98. The van der Waals surface area contributed by atoms with Crippen molar-refractivity contribution in [2.45, 2.75) is 31.1 Å². The molecule has 1 unspecified atom stereocenters. The zero-order valence-corrected chi connectivity index (χ0v) is 15.6. The Hall–Kier alpha value is -3.33. The second-order valence-electron chi connectivity index (χ2n) is 7.26. The summed E-state index contributed by atoms with van der Waals surface area (Å²) in [6.07, 6.45) is 18.0. The molecular weight excluding hydrogens is 352 g/mol. The van der Waals surface area contributed by atoms with Gasteiger partial charge in [0.05, 0.1) is 12.3 Å². The Balaban J connectivity index is 1.46. The smallest absolute Gasteiger partial charge is 0.328 e. The number of nitriles is 1. The maximum Gasteiger partial charge on any atom is 0.328 e. The number of nitrogens with zero attached hydrogens (tertiary/aromatic N) is 4. The van der Waals surface area contributed by atoms with Gasteiger partial charge in [-0.15, -0.1) is 0 Å². The predicted octanol–water partition coefficient (Wildman–Crippen LogP) is 3.98. The normalized spacial score (nSPS) is 23.7. The molecule has 1 aromatic rings. The minimum Gasteiger partial charge on any atom is -0.466 e. The standard InChI is InChI=1S/C22H22N4O2/c23-16-22(19-7-4-9-24-14-19)8-10-26(17-22)21(27)25-11-12-28-20(15-25)13-18-5-2-1-3-6-18/h1-2,4-5,7,9,11-12,14-15H,3,6,8,10,13,17H2. The van der Waals surface area contributed by atoms with Gasteiger partial charge in [0, 0.05) is 38.1 Å². The Bertz CT molecular complexity index is 910. The number of hydrogen-bond acceptors (Lipinski definition) is 4. The third-order valence-electron chi connectivity index (χ3n) is 5.41. The van der Waals surface area contributed by atoms with E-state index in [0.717, 1.165) is 24.2 Å². The van der Waals surface area contributed by atoms with Gasteiger partial charge >= 0.3 is 6.03 Å². The number of likely N-dealkylation sites (tertiary alicyclic amines) is 1. The van der Waals surface area contributed by atoms with Crippen LogP contribution in [-0.4, -0.2) is 33.9 Å². The van der Waals surface area contributed by atoms with E-state index in [2.05, 4.69) is 29.3 Å². The third-order valence-corrected chi connectivity index (χ3v) is 5.41. The number of amides is 2. The van der Waals surface area contributed by atoms with Crippen LogP contribution in [0.2, 0.25) is 0 Å². The van der Waals surface area contributed by atoms with E-state index >= 15 is 0 Å². The molecule has 1 atom stereocenters. The first-order chi connectivity index (χ1) is 13.7. The fourth-order valence-electron chi connectivity index (χ4n) is 3.82. The summed E-state index contributed by atoms with van der Waals surface area (Å²) in [6, 6.07) is 6.01. The van der Waals surface area contributed by atoms with Crippen LogP contribution in [0.4, 0.5) is 4.79 Å². The van der Waals surface area contributed by atoms with Crippen molar-refractivity contribution >= 4 is 6.03 Å². The molecule has 28 heavy (non-hydrogen) atoms. The minimum atomic E-state index is -0.703. The van der Waals surface area contributed by atoms with Gasteiger partial charge < -0.3 is 9.64 Å². The molecule has 1 saturated heterocycles. The summed E-state index contributed by atoms with van der Waals surface area (Å²) in [4.78, 5) is 20.4. The lowest BCUT2D eigenvalue weighted by molar-refractivity contribution is 0.183. The van der Waals surface area contributed by atoms with Crippen LogP contribution < -0.4 is 0 Å². The maximum atomic E-state index is 13.0. The van der Waals surface area contributed by atoms with Crippen LogP contribution in [0.15, 0.2) is 72.7 Å². The van der Waals surface area contributed by atoms with Crippen molar-refractivity contribution in [2.24, 2.45) is 0 Å². The van der Waals surface area contributed by atoms with Crippen LogP contribution in [0.5, 0.6) is 0 Å². The molecule has 142 valence electrons. The van der Waals surface area contributed by atoms with Crippen molar-refractivity contribution in [1.82, 2.24) is 14.8 Å². The van der Waals surface area contributed by atoms with Gasteiger partial charge in [0.2, 0.25) is 0 Å². The fraction of sp³-hybridized carbons (Fsp3) is 0.318. The summed E-state index contributed by atoms with van der Waals surface area (Å²) in [5, 5.41) is 9.82. The number of pyridine rings is 1. The summed E-state index contributed by atoms with van der Waals surface area (Å²) in [5.41, 5.74) is 1.45. The first kappa shape index (κ1) is 18.1. The second-order valence-corrected chi connectivity index (χ2v) is 7.26. The molecule has 6 nitrogen and oxygen atoms in total. The molecule has 2 amide bonds. The molecule has 2 aliphatic heterocycles. The Morgan fingerprint density at radius 3 is 3.11 bits per heavy atom. The van der Waals surface area contributed by atoms with E-state index in [1.807, 2.05) is 12.1 Å². The molecule has 0 aromatic carbocycles. The molecule has 6 heteroatoms. The first-order valence-electron chi connectivity index (χ1n) is 9.48. The lowest BCUT2D eigenvalue weighted by Gasteiger charge is -2.27. The Morgan fingerprint density at radius 1 is 1.43 bits per heavy atom. The quantitative estimate of drug-likeness (QED) is 0.802. The van der Waals surface area contributed by atoms with Crippen LogP contribution in [0.3, 0.4) is 0 Å². The number of rotatable bonds is 3. The Morgan fingerprint density at radius 2 is 2.36 bits per heavy atom. The van der Waals surface area contributed by atoms with Gasteiger partial charge in [0.1, 0.15) is 17.4 Å². The van der Waals surface area contributed by atoms with Gasteiger partial charge in [-0.1, -0.05) is 29.9 Å². The fourth-order valence-corrected chi connectivity index (χ4v) is 3.82. The van der Waals surface area contributed by atoms with E-state index in [4.69, 9.17) is 4.74 Å². The van der Waals surface area contributed by atoms with Crippen LogP contribution in [0.25, 0.3) is 0 Å². The van der Waals surface area contributed by atoms with Gasteiger partial charge in [-0.3, -0.25) is 9.88 Å². The van der Waals surface area contributed by atoms with Crippen molar-refractivity contribution in [1.29, 1.82) is 5.26 Å². The van der Waals surface area contributed by atoms with Gasteiger partial charge in [0.25, 0.3) is 0 Å². The molecule has 3 aliphatic rings. The number of hydrogen-bond donors (Lipinski definition) is 0. The van der Waals surface area contributed by atoms with E-state index < -0.39 is 5.41 Å².